The zero-order valence-corrected chi connectivity index (χ0v) is 28.4. The van der Waals surface area contributed by atoms with Gasteiger partial charge in [-0.25, -0.2) is 25.9 Å². The van der Waals surface area contributed by atoms with Crippen LogP contribution >= 0.6 is 54.5 Å². The van der Waals surface area contributed by atoms with Gasteiger partial charge in [-0.3, -0.25) is 0 Å². The first-order chi connectivity index (χ1) is 18.8. The minimum absolute atomic E-state index is 0.157. The van der Waals surface area contributed by atoms with Crippen LogP contribution in [0.1, 0.15) is 22.5 Å². The van der Waals surface area contributed by atoms with Gasteiger partial charge in [-0.2, -0.15) is 0 Å². The number of hydrogen-bond acceptors (Lipinski definition) is 12. The van der Waals surface area contributed by atoms with E-state index in [9.17, 15) is 16.8 Å². The van der Waals surface area contributed by atoms with Gasteiger partial charge in [0.15, 0.2) is 0 Å². The van der Waals surface area contributed by atoms with Crippen LogP contribution in [0.25, 0.3) is 0 Å². The van der Waals surface area contributed by atoms with Gasteiger partial charge >= 0.3 is 0 Å². The van der Waals surface area contributed by atoms with Crippen LogP contribution in [0.5, 0.6) is 0 Å². The Bertz CT molecular complexity index is 1640. The Morgan fingerprint density at radius 1 is 0.875 bits per heavy atom. The van der Waals surface area contributed by atoms with Crippen LogP contribution in [-0.2, 0) is 29.5 Å². The third-order valence-corrected chi connectivity index (χ3v) is 12.5. The van der Waals surface area contributed by atoms with E-state index in [-0.39, 0.29) is 33.5 Å². The van der Waals surface area contributed by atoms with Crippen molar-refractivity contribution in [3.63, 3.8) is 0 Å². The van der Waals surface area contributed by atoms with Crippen LogP contribution in [0.2, 0.25) is 0 Å². The van der Waals surface area contributed by atoms with Crippen molar-refractivity contribution >= 4 is 86.3 Å². The summed E-state index contributed by atoms with van der Waals surface area (Å²) in [6.07, 6.45) is 0. The Morgan fingerprint density at radius 2 is 1.45 bits per heavy atom. The fourth-order valence-corrected chi connectivity index (χ4v) is 9.35. The third kappa shape index (κ3) is 7.93. The average molecular weight is 763 g/mol. The van der Waals surface area contributed by atoms with E-state index in [0.29, 0.717) is 29.1 Å². The fourth-order valence-electron chi connectivity index (χ4n) is 2.83. The quantitative estimate of drug-likeness (QED) is 0.146. The topological polar surface area (TPSA) is 154 Å². The van der Waals surface area contributed by atoms with Crippen molar-refractivity contribution in [3.8, 4) is 0 Å². The molecule has 220 valence electrons. The summed E-state index contributed by atoms with van der Waals surface area (Å²) >= 11 is 8.74. The van der Waals surface area contributed by atoms with Crippen molar-refractivity contribution in [1.29, 1.82) is 0 Å². The van der Waals surface area contributed by atoms with Crippen LogP contribution in [0.4, 0.5) is 11.8 Å². The van der Waals surface area contributed by atoms with E-state index in [2.05, 4.69) is 46.9 Å². The highest BCUT2D eigenvalue weighted by atomic mass is 79.9. The summed E-state index contributed by atoms with van der Waals surface area (Å²) in [6, 6.07) is 6.41. The van der Waals surface area contributed by atoms with E-state index in [1.165, 1.54) is 12.1 Å². The predicted molar refractivity (Wildman–Crippen MR) is 159 cm³/mol. The molecule has 1 N–H and O–H groups in total. The molecule has 0 aliphatic heterocycles. The number of anilines is 2. The number of aryl methyl sites for hydroxylation is 2. The molecule has 0 atom stereocenters. The van der Waals surface area contributed by atoms with Crippen molar-refractivity contribution in [2.75, 3.05) is 36.1 Å². The molecule has 0 bridgehead atoms. The van der Waals surface area contributed by atoms with Gasteiger partial charge in [0.05, 0.1) is 32.2 Å². The van der Waals surface area contributed by atoms with Gasteiger partial charge in [-0.05, 0) is 83.8 Å². The molecule has 0 saturated carbocycles. The minimum Gasteiger partial charge on any atom is -0.382 e. The van der Waals surface area contributed by atoms with Crippen LogP contribution in [0.3, 0.4) is 0 Å². The lowest BCUT2D eigenvalue weighted by molar-refractivity contribution is 0.0744. The summed E-state index contributed by atoms with van der Waals surface area (Å²) in [6.45, 7) is 7.45. The smallest absolute Gasteiger partial charge is 0.278 e. The number of thiophene rings is 2. The van der Waals surface area contributed by atoms with Crippen molar-refractivity contribution in [2.45, 2.75) is 36.1 Å². The highest BCUT2D eigenvalue weighted by Gasteiger charge is 2.31. The van der Waals surface area contributed by atoms with Crippen molar-refractivity contribution in [1.82, 2.24) is 10.3 Å². The van der Waals surface area contributed by atoms with Crippen LogP contribution in [0, 0.1) is 27.7 Å². The molecule has 0 spiro atoms. The van der Waals surface area contributed by atoms with Crippen molar-refractivity contribution in [3.05, 3.63) is 54.4 Å². The molecule has 4 heterocycles. The Morgan fingerprint density at radius 3 is 1.93 bits per heavy atom. The van der Waals surface area contributed by atoms with Gasteiger partial charge in [-0.1, -0.05) is 10.3 Å². The maximum Gasteiger partial charge on any atom is 0.278 e. The molecular formula is C22H26Br2N4O8S4. The molecule has 0 fully saturated rings. The number of methoxy groups -OCH3 is 1. The van der Waals surface area contributed by atoms with E-state index in [0.717, 1.165) is 34.6 Å². The van der Waals surface area contributed by atoms with Gasteiger partial charge in [-0.15, -0.1) is 22.7 Å². The predicted octanol–water partition coefficient (Wildman–Crippen LogP) is 5.85. The van der Waals surface area contributed by atoms with Crippen LogP contribution in [0.15, 0.2) is 49.3 Å². The number of hydrogen-bond donors (Lipinski definition) is 1. The average Bonchev–Trinajstić information content (AvgIpc) is 3.68. The second-order valence-electron chi connectivity index (χ2n) is 8.03. The molecule has 0 amide bonds. The molecule has 4 aromatic heterocycles. The highest BCUT2D eigenvalue weighted by molar-refractivity contribution is 9.11. The van der Waals surface area contributed by atoms with Gasteiger partial charge in [0.1, 0.15) is 15.1 Å². The van der Waals surface area contributed by atoms with Gasteiger partial charge in [0.2, 0.25) is 11.8 Å². The number of halogens is 2. The lowest BCUT2D eigenvalue weighted by Gasteiger charge is -2.21. The third-order valence-electron chi connectivity index (χ3n) is 5.29. The fraction of sp³-hybridized carbons (Fsp3) is 0.364. The molecule has 4 rings (SSSR count). The second-order valence-corrected chi connectivity index (χ2v) is 17.0. The molecule has 0 aromatic carbocycles. The number of aromatic nitrogens is 2. The first-order valence-electron chi connectivity index (χ1n) is 11.3. The lowest BCUT2D eigenvalue weighted by atomic mass is 10.3. The molecule has 0 aliphatic carbocycles. The Balaban J connectivity index is 0.000000230. The molecule has 0 saturated heterocycles. The summed E-state index contributed by atoms with van der Waals surface area (Å²) in [5.74, 6) is 0.316. The summed E-state index contributed by atoms with van der Waals surface area (Å²) in [7, 11) is -5.86. The first kappa shape index (κ1) is 32.7. The van der Waals surface area contributed by atoms with E-state index in [4.69, 9.17) is 18.5 Å². The zero-order valence-electron chi connectivity index (χ0n) is 21.9. The number of ether oxygens (including phenoxy) is 2. The first-order valence-corrected chi connectivity index (χ1v) is 17.4. The van der Waals surface area contributed by atoms with Crippen LogP contribution in [-0.4, -0.2) is 54.2 Å². The second kappa shape index (κ2) is 13.9. The Hall–Kier alpha value is -1.80. The number of rotatable bonds is 11. The standard InChI is InChI=1S/C13H17BrN2O5S2.C9H9BrN2O3S2/c1-9-10(2)15-21-13(9)16(8-20-7-6-19-3)23(17,18)12-5-4-11(14)22-12;1-5-6(2)11-15-9(5)12-17(13,14)8-4-3-7(10)16-8/h4-5H,6-8H2,1-3H3;3-4,12H,1-2H3. The molecular weight excluding hydrogens is 736 g/mol. The molecule has 40 heavy (non-hydrogen) atoms. The monoisotopic (exact) mass is 760 g/mol. The van der Waals surface area contributed by atoms with Crippen LogP contribution < -0.4 is 9.03 Å². The van der Waals surface area contributed by atoms with Gasteiger partial charge in [0.25, 0.3) is 20.0 Å². The zero-order chi connectivity index (χ0) is 29.7. The van der Waals surface area contributed by atoms with E-state index in [1.807, 2.05) is 0 Å². The Kier molecular flexibility index (Phi) is 11.4. The number of nitrogens with one attached hydrogen (secondary N) is 1. The van der Waals surface area contributed by atoms with Crippen molar-refractivity contribution in [2.24, 2.45) is 0 Å². The molecule has 18 heteroatoms. The maximum atomic E-state index is 12.9. The molecule has 0 aliphatic rings. The van der Waals surface area contributed by atoms with Crippen molar-refractivity contribution < 1.29 is 35.4 Å². The molecule has 12 nitrogen and oxygen atoms in total. The summed E-state index contributed by atoms with van der Waals surface area (Å²) in [5, 5.41) is 7.52. The minimum atomic E-state index is -3.81. The highest BCUT2D eigenvalue weighted by Crippen LogP contribution is 2.33. The summed E-state index contributed by atoms with van der Waals surface area (Å²) < 4.78 is 75.5. The summed E-state index contributed by atoms with van der Waals surface area (Å²) in [4.78, 5) is 0. The molecule has 4 aromatic rings. The van der Waals surface area contributed by atoms with Gasteiger partial charge < -0.3 is 18.5 Å². The van der Waals surface area contributed by atoms with E-state index < -0.39 is 20.0 Å². The van der Waals surface area contributed by atoms with Gasteiger partial charge in [0, 0.05) is 18.2 Å². The molecule has 0 unspecified atom stereocenters. The van der Waals surface area contributed by atoms with E-state index >= 15 is 0 Å². The number of nitrogens with zero attached hydrogens (tertiary/aromatic N) is 3. The number of sulfonamides is 2. The largest absolute Gasteiger partial charge is 0.382 e. The summed E-state index contributed by atoms with van der Waals surface area (Å²) in [5.41, 5.74) is 2.63. The maximum absolute atomic E-state index is 12.9. The lowest BCUT2D eigenvalue weighted by Crippen LogP contribution is -2.33. The van der Waals surface area contributed by atoms with E-state index in [1.54, 1.807) is 46.9 Å². The normalized spacial score (nSPS) is 11.8. The Labute approximate surface area is 257 Å². The molecule has 0 radical (unpaired) electrons. The SMILES string of the molecule is COCCOCN(c1onc(C)c1C)S(=O)(=O)c1ccc(Br)s1.Cc1noc(NS(=O)(=O)c2ccc(Br)s2)c1C.